The smallest absolute Gasteiger partial charge is 0.191 e. The fraction of sp³-hybridized carbons (Fsp3) is 0.650. The summed E-state index contributed by atoms with van der Waals surface area (Å²) in [6.45, 7) is 7.32. The number of nitrogens with one attached hydrogen (secondary N) is 2. The second-order valence-electron chi connectivity index (χ2n) is 6.68. The van der Waals surface area contributed by atoms with Crippen LogP contribution in [0.1, 0.15) is 37.9 Å². The Morgan fingerprint density at radius 2 is 1.89 bits per heavy atom. The van der Waals surface area contributed by atoms with Crippen molar-refractivity contribution in [2.24, 2.45) is 4.99 Å². The van der Waals surface area contributed by atoms with E-state index >= 15 is 0 Å². The number of ether oxygens (including phenoxy) is 2. The van der Waals surface area contributed by atoms with E-state index in [0.29, 0.717) is 11.5 Å². The van der Waals surface area contributed by atoms with E-state index in [1.165, 1.54) is 32.4 Å². The molecule has 7 heteroatoms. The molecule has 27 heavy (non-hydrogen) atoms. The molecule has 0 spiro atoms. The van der Waals surface area contributed by atoms with Crippen LogP contribution in [0.3, 0.4) is 0 Å². The monoisotopic (exact) mass is 378 g/mol. The number of benzene rings is 1. The molecule has 0 saturated carbocycles. The van der Waals surface area contributed by atoms with E-state index in [2.05, 4.69) is 20.5 Å². The number of methoxy groups -OCH3 is 2. The average molecular weight is 379 g/mol. The van der Waals surface area contributed by atoms with Crippen molar-refractivity contribution >= 4 is 5.96 Å². The van der Waals surface area contributed by atoms with Gasteiger partial charge in [0.05, 0.1) is 26.9 Å². The lowest BCUT2D eigenvalue weighted by Gasteiger charge is -2.26. The summed E-state index contributed by atoms with van der Waals surface area (Å²) in [5.74, 6) is 1.98. The quantitative estimate of drug-likeness (QED) is 0.449. The molecular formula is C20H34N4O3. The van der Waals surface area contributed by atoms with Crippen LogP contribution in [0.15, 0.2) is 23.2 Å². The van der Waals surface area contributed by atoms with Crippen molar-refractivity contribution in [3.8, 4) is 11.5 Å². The number of guanidine groups is 1. The highest BCUT2D eigenvalue weighted by molar-refractivity contribution is 5.79. The number of aliphatic imine (C=N–C) groups is 1. The summed E-state index contributed by atoms with van der Waals surface area (Å²) < 4.78 is 10.5. The first kappa shape index (κ1) is 21.3. The lowest BCUT2D eigenvalue weighted by atomic mass is 10.1. The van der Waals surface area contributed by atoms with E-state index in [1.807, 2.05) is 13.0 Å². The molecule has 0 radical (unpaired) electrons. The van der Waals surface area contributed by atoms with Gasteiger partial charge in [0.1, 0.15) is 0 Å². The van der Waals surface area contributed by atoms with Gasteiger partial charge in [-0.05, 0) is 50.6 Å². The second kappa shape index (κ2) is 11.7. The van der Waals surface area contributed by atoms with E-state index in [1.54, 1.807) is 26.4 Å². The van der Waals surface area contributed by atoms with Crippen LogP contribution in [0, 0.1) is 0 Å². The van der Waals surface area contributed by atoms with Gasteiger partial charge in [-0.15, -0.1) is 0 Å². The van der Waals surface area contributed by atoms with Crippen molar-refractivity contribution in [2.45, 2.75) is 32.3 Å². The first-order valence-electron chi connectivity index (χ1n) is 9.82. The van der Waals surface area contributed by atoms with Gasteiger partial charge in [-0.3, -0.25) is 4.99 Å². The van der Waals surface area contributed by atoms with Gasteiger partial charge < -0.3 is 30.1 Å². The molecule has 0 aromatic heterocycles. The van der Waals surface area contributed by atoms with Crippen molar-refractivity contribution < 1.29 is 14.6 Å². The van der Waals surface area contributed by atoms with Crippen molar-refractivity contribution in [3.63, 3.8) is 0 Å². The largest absolute Gasteiger partial charge is 0.493 e. The molecular weight excluding hydrogens is 344 g/mol. The van der Waals surface area contributed by atoms with Crippen LogP contribution in [0.4, 0.5) is 0 Å². The molecule has 2 rings (SSSR count). The van der Waals surface area contributed by atoms with Crippen molar-refractivity contribution in [3.05, 3.63) is 23.8 Å². The normalized spacial score (nSPS) is 16.7. The molecule has 1 heterocycles. The zero-order valence-corrected chi connectivity index (χ0v) is 16.8. The van der Waals surface area contributed by atoms with E-state index in [-0.39, 0.29) is 6.54 Å². The third-order valence-electron chi connectivity index (χ3n) is 4.73. The molecule has 1 unspecified atom stereocenters. The molecule has 1 aromatic rings. The lowest BCUT2D eigenvalue weighted by Crippen LogP contribution is -2.42. The van der Waals surface area contributed by atoms with Gasteiger partial charge in [-0.25, -0.2) is 0 Å². The number of nitrogens with zero attached hydrogens (tertiary/aromatic N) is 2. The number of hydrogen-bond acceptors (Lipinski definition) is 5. The topological polar surface area (TPSA) is 78.4 Å². The number of aliphatic hydroxyl groups is 1. The average Bonchev–Trinajstić information content (AvgIpc) is 2.72. The predicted molar refractivity (Wildman–Crippen MR) is 109 cm³/mol. The van der Waals surface area contributed by atoms with Crippen LogP contribution in [0.2, 0.25) is 0 Å². The summed E-state index contributed by atoms with van der Waals surface area (Å²) in [5.41, 5.74) is 0.751. The van der Waals surface area contributed by atoms with Gasteiger partial charge in [-0.2, -0.15) is 0 Å². The summed E-state index contributed by atoms with van der Waals surface area (Å²) >= 11 is 0. The maximum atomic E-state index is 10.5. The molecule has 0 bridgehead atoms. The first-order chi connectivity index (χ1) is 13.2. The van der Waals surface area contributed by atoms with E-state index in [9.17, 15) is 5.11 Å². The number of aliphatic hydroxyl groups excluding tert-OH is 1. The second-order valence-corrected chi connectivity index (χ2v) is 6.68. The van der Waals surface area contributed by atoms with Gasteiger partial charge in [-0.1, -0.05) is 12.5 Å². The standard InChI is InChI=1S/C20H34N4O3/c1-4-21-20(22-10-13-24-11-6-5-7-12-24)23-15-17(25)16-8-9-18(26-2)19(14-16)27-3/h8-9,14,17,25H,4-7,10-13,15H2,1-3H3,(H2,21,22,23). The summed E-state index contributed by atoms with van der Waals surface area (Å²) in [4.78, 5) is 7.01. The molecule has 1 fully saturated rings. The molecule has 0 amide bonds. The van der Waals surface area contributed by atoms with E-state index in [4.69, 9.17) is 9.47 Å². The van der Waals surface area contributed by atoms with Crippen LogP contribution in [0.5, 0.6) is 11.5 Å². The van der Waals surface area contributed by atoms with Crippen LogP contribution in [0.25, 0.3) is 0 Å². The maximum Gasteiger partial charge on any atom is 0.191 e. The molecule has 3 N–H and O–H groups in total. The molecule has 1 aliphatic rings. The Labute approximate surface area is 162 Å². The molecule has 1 aliphatic heterocycles. The summed E-state index contributed by atoms with van der Waals surface area (Å²) in [5, 5.41) is 17.1. The maximum absolute atomic E-state index is 10.5. The molecule has 0 aliphatic carbocycles. The van der Waals surface area contributed by atoms with Gasteiger partial charge in [0, 0.05) is 19.6 Å². The zero-order valence-electron chi connectivity index (χ0n) is 16.8. The fourth-order valence-corrected chi connectivity index (χ4v) is 3.20. The van der Waals surface area contributed by atoms with E-state index < -0.39 is 6.10 Å². The highest BCUT2D eigenvalue weighted by atomic mass is 16.5. The van der Waals surface area contributed by atoms with Gasteiger partial charge in [0.25, 0.3) is 0 Å². The highest BCUT2D eigenvalue weighted by Crippen LogP contribution is 2.30. The summed E-state index contributed by atoms with van der Waals surface area (Å²) in [6, 6.07) is 5.41. The Morgan fingerprint density at radius 1 is 1.15 bits per heavy atom. The lowest BCUT2D eigenvalue weighted by molar-refractivity contribution is 0.186. The Morgan fingerprint density at radius 3 is 2.56 bits per heavy atom. The molecule has 1 saturated heterocycles. The van der Waals surface area contributed by atoms with Crippen LogP contribution < -0.4 is 20.1 Å². The molecule has 152 valence electrons. The summed E-state index contributed by atoms with van der Waals surface area (Å²) in [7, 11) is 3.18. The first-order valence-corrected chi connectivity index (χ1v) is 9.82. The van der Waals surface area contributed by atoms with Crippen molar-refractivity contribution in [1.29, 1.82) is 0 Å². The van der Waals surface area contributed by atoms with Gasteiger partial charge >= 0.3 is 0 Å². The Kier molecular flexibility index (Phi) is 9.21. The minimum Gasteiger partial charge on any atom is -0.493 e. The predicted octanol–water partition coefficient (Wildman–Crippen LogP) is 1.78. The third kappa shape index (κ3) is 6.92. The van der Waals surface area contributed by atoms with Crippen LogP contribution in [-0.2, 0) is 0 Å². The highest BCUT2D eigenvalue weighted by Gasteiger charge is 2.12. The van der Waals surface area contributed by atoms with Gasteiger partial charge in [0.2, 0.25) is 0 Å². The van der Waals surface area contributed by atoms with Gasteiger partial charge in [0.15, 0.2) is 17.5 Å². The molecule has 1 atom stereocenters. The number of likely N-dealkylation sites (tertiary alicyclic amines) is 1. The molecule has 7 nitrogen and oxygen atoms in total. The fourth-order valence-electron chi connectivity index (χ4n) is 3.20. The number of hydrogen-bond donors (Lipinski definition) is 3. The van der Waals surface area contributed by atoms with Crippen LogP contribution >= 0.6 is 0 Å². The van der Waals surface area contributed by atoms with Crippen molar-refractivity contribution in [2.75, 3.05) is 53.5 Å². The number of rotatable bonds is 9. The Balaban J connectivity index is 1.88. The van der Waals surface area contributed by atoms with Crippen molar-refractivity contribution in [1.82, 2.24) is 15.5 Å². The summed E-state index contributed by atoms with van der Waals surface area (Å²) in [6.07, 6.45) is 3.24. The molecule has 1 aromatic carbocycles. The Hall–Kier alpha value is -1.99. The minimum atomic E-state index is -0.706. The minimum absolute atomic E-state index is 0.272. The number of piperidine rings is 1. The SMILES string of the molecule is CCNC(=NCC(O)c1ccc(OC)c(OC)c1)NCCN1CCCCC1. The van der Waals surface area contributed by atoms with E-state index in [0.717, 1.165) is 31.2 Å². The Bertz CT molecular complexity index is 589. The third-order valence-corrected chi connectivity index (χ3v) is 4.73. The van der Waals surface area contributed by atoms with Crippen LogP contribution in [-0.4, -0.2) is 69.5 Å². The zero-order chi connectivity index (χ0) is 19.5.